The normalized spacial score (nSPS) is 13.7. The van der Waals surface area contributed by atoms with Gasteiger partial charge in [-0.2, -0.15) is 0 Å². The Morgan fingerprint density at radius 3 is 2.22 bits per heavy atom. The van der Waals surface area contributed by atoms with E-state index in [0.29, 0.717) is 6.61 Å². The van der Waals surface area contributed by atoms with Crippen molar-refractivity contribution in [1.82, 2.24) is 0 Å². The van der Waals surface area contributed by atoms with E-state index in [1.807, 2.05) is 6.92 Å². The van der Waals surface area contributed by atoms with Gasteiger partial charge >= 0.3 is 0 Å². The molecule has 1 rings (SSSR count). The lowest BCUT2D eigenvalue weighted by Gasteiger charge is -2.23. The van der Waals surface area contributed by atoms with Gasteiger partial charge in [0.15, 0.2) is 0 Å². The van der Waals surface area contributed by atoms with Crippen molar-refractivity contribution >= 4 is 0 Å². The highest BCUT2D eigenvalue weighted by Gasteiger charge is 2.18. The predicted octanol–water partition coefficient (Wildman–Crippen LogP) is 4.75. The van der Waals surface area contributed by atoms with Crippen molar-refractivity contribution in [2.75, 3.05) is 6.61 Å². The zero-order valence-corrected chi connectivity index (χ0v) is 12.5. The van der Waals surface area contributed by atoms with E-state index < -0.39 is 0 Å². The summed E-state index contributed by atoms with van der Waals surface area (Å²) in [4.78, 5) is 10.9. The molecule has 0 heterocycles. The van der Waals surface area contributed by atoms with Gasteiger partial charge in [0.25, 0.3) is 0 Å². The molecule has 1 atom stereocenters. The number of benzene rings is 1. The van der Waals surface area contributed by atoms with Crippen LogP contribution in [0.5, 0.6) is 0 Å². The van der Waals surface area contributed by atoms with Gasteiger partial charge in [0, 0.05) is 0 Å². The molecule has 1 aromatic rings. The topological polar surface area (TPSA) is 18.5 Å². The monoisotopic (exact) mass is 250 g/mol. The molecule has 0 aliphatic rings. The summed E-state index contributed by atoms with van der Waals surface area (Å²) in [5.41, 5.74) is 3.90. The highest BCUT2D eigenvalue weighted by molar-refractivity contribution is 5.34. The molecule has 18 heavy (non-hydrogen) atoms. The maximum atomic E-state index is 5.53. The first kappa shape index (κ1) is 15.2. The summed E-state index contributed by atoms with van der Waals surface area (Å²) in [6.07, 6.45) is 1.05. The molecule has 0 N–H and O–H groups in total. The summed E-state index contributed by atoms with van der Waals surface area (Å²) in [5, 5.41) is 0. The molecule has 0 spiro atoms. The van der Waals surface area contributed by atoms with E-state index in [4.69, 9.17) is 9.78 Å². The lowest BCUT2D eigenvalue weighted by atomic mass is 9.92. The van der Waals surface area contributed by atoms with E-state index >= 15 is 0 Å². The van der Waals surface area contributed by atoms with Crippen LogP contribution < -0.4 is 0 Å². The molecule has 0 aliphatic heterocycles. The molecule has 0 bridgehead atoms. The molecule has 0 aromatic heterocycles. The molecule has 2 heteroatoms. The minimum Gasteiger partial charge on any atom is -0.236 e. The zero-order valence-electron chi connectivity index (χ0n) is 12.5. The van der Waals surface area contributed by atoms with Crippen LogP contribution in [0.15, 0.2) is 18.2 Å². The molecule has 1 unspecified atom stereocenters. The van der Waals surface area contributed by atoms with Crippen LogP contribution in [0.25, 0.3) is 0 Å². The number of aryl methyl sites for hydroxylation is 2. The first-order valence-electron chi connectivity index (χ1n) is 6.72. The third-order valence-electron chi connectivity index (χ3n) is 3.57. The minimum absolute atomic E-state index is 0.0288. The van der Waals surface area contributed by atoms with Gasteiger partial charge in [-0.3, -0.25) is 0 Å². The average molecular weight is 250 g/mol. The number of rotatable bonds is 6. The van der Waals surface area contributed by atoms with Crippen molar-refractivity contribution in [3.05, 3.63) is 34.9 Å². The number of hydrogen-bond donors (Lipinski definition) is 0. The van der Waals surface area contributed by atoms with Gasteiger partial charge in [-0.1, -0.05) is 39.0 Å². The zero-order chi connectivity index (χ0) is 13.8. The van der Waals surface area contributed by atoms with Crippen molar-refractivity contribution in [2.45, 2.75) is 54.1 Å². The van der Waals surface area contributed by atoms with Gasteiger partial charge < -0.3 is 0 Å². The third kappa shape index (κ3) is 4.11. The molecular weight excluding hydrogens is 224 g/mol. The molecule has 0 amide bonds. The van der Waals surface area contributed by atoms with Crippen LogP contribution in [0.4, 0.5) is 0 Å². The summed E-state index contributed by atoms with van der Waals surface area (Å²) < 4.78 is 0. The summed E-state index contributed by atoms with van der Waals surface area (Å²) in [7, 11) is 0. The Bertz CT molecular complexity index is 362. The van der Waals surface area contributed by atoms with Crippen LogP contribution in [0.3, 0.4) is 0 Å². The lowest BCUT2D eigenvalue weighted by molar-refractivity contribution is -0.335. The van der Waals surface area contributed by atoms with E-state index in [-0.39, 0.29) is 11.5 Å². The average Bonchev–Trinajstić information content (AvgIpc) is 2.28. The molecule has 0 fully saturated rings. The lowest BCUT2D eigenvalue weighted by Crippen LogP contribution is -2.19. The molecule has 102 valence electrons. The quantitative estimate of drug-likeness (QED) is 0.536. The summed E-state index contributed by atoms with van der Waals surface area (Å²) in [5.74, 6) is 0. The maximum absolute atomic E-state index is 5.53. The largest absolute Gasteiger partial charge is 0.236 e. The number of hydrogen-bond acceptors (Lipinski definition) is 2. The second-order valence-electron chi connectivity index (χ2n) is 5.82. The molecule has 2 nitrogen and oxygen atoms in total. The van der Waals surface area contributed by atoms with Crippen molar-refractivity contribution in [1.29, 1.82) is 0 Å². The Kier molecular flexibility index (Phi) is 5.36. The standard InChI is InChI=1S/C16H26O2/c1-7-16(5,6)11-17-18-14(4)15-12(2)9-8-10-13(15)3/h8-10,14H,7,11H2,1-6H3. The highest BCUT2D eigenvalue weighted by atomic mass is 17.2. The first-order chi connectivity index (χ1) is 8.37. The molecule has 1 aromatic carbocycles. The SMILES string of the molecule is CCC(C)(C)COOC(C)c1c(C)cccc1C. The van der Waals surface area contributed by atoms with Gasteiger partial charge in [0.2, 0.25) is 0 Å². The molecule has 0 radical (unpaired) electrons. The van der Waals surface area contributed by atoms with E-state index in [1.54, 1.807) is 0 Å². The maximum Gasteiger partial charge on any atom is 0.116 e. The van der Waals surface area contributed by atoms with Crippen molar-refractivity contribution in [3.63, 3.8) is 0 Å². The Balaban J connectivity index is 2.58. The Hall–Kier alpha value is -0.860. The molecule has 0 aliphatic carbocycles. The minimum atomic E-state index is -0.0288. The Labute approximate surface area is 111 Å². The van der Waals surface area contributed by atoms with E-state index in [9.17, 15) is 0 Å². The van der Waals surface area contributed by atoms with E-state index in [1.165, 1.54) is 16.7 Å². The van der Waals surface area contributed by atoms with Crippen LogP contribution >= 0.6 is 0 Å². The van der Waals surface area contributed by atoms with Crippen molar-refractivity contribution in [2.24, 2.45) is 5.41 Å². The van der Waals surface area contributed by atoms with Gasteiger partial charge in [0.1, 0.15) is 6.10 Å². The van der Waals surface area contributed by atoms with Crippen molar-refractivity contribution < 1.29 is 9.78 Å². The third-order valence-corrected chi connectivity index (χ3v) is 3.57. The van der Waals surface area contributed by atoms with Gasteiger partial charge in [0.05, 0.1) is 6.61 Å². The molecule has 0 saturated heterocycles. The summed E-state index contributed by atoms with van der Waals surface area (Å²) >= 11 is 0. The van der Waals surface area contributed by atoms with Crippen molar-refractivity contribution in [3.8, 4) is 0 Å². The van der Waals surface area contributed by atoms with Crippen LogP contribution in [-0.4, -0.2) is 6.61 Å². The first-order valence-corrected chi connectivity index (χ1v) is 6.72. The molecule has 0 saturated carbocycles. The highest BCUT2D eigenvalue weighted by Crippen LogP contribution is 2.26. The van der Waals surface area contributed by atoms with Crippen LogP contribution in [0.1, 0.15) is 56.9 Å². The smallest absolute Gasteiger partial charge is 0.116 e. The van der Waals surface area contributed by atoms with Gasteiger partial charge in [-0.25, -0.2) is 9.78 Å². The second-order valence-corrected chi connectivity index (χ2v) is 5.82. The van der Waals surface area contributed by atoms with Crippen LogP contribution in [0.2, 0.25) is 0 Å². The van der Waals surface area contributed by atoms with Crippen LogP contribution in [-0.2, 0) is 9.78 Å². The van der Waals surface area contributed by atoms with E-state index in [2.05, 4.69) is 52.8 Å². The van der Waals surface area contributed by atoms with Crippen LogP contribution in [0, 0.1) is 19.3 Å². The Morgan fingerprint density at radius 2 is 1.72 bits per heavy atom. The van der Waals surface area contributed by atoms with Gasteiger partial charge in [-0.15, -0.1) is 0 Å². The fourth-order valence-corrected chi connectivity index (χ4v) is 1.91. The Morgan fingerprint density at radius 1 is 1.17 bits per heavy atom. The van der Waals surface area contributed by atoms with Gasteiger partial charge in [-0.05, 0) is 49.3 Å². The summed E-state index contributed by atoms with van der Waals surface area (Å²) in [6.45, 7) is 13.4. The predicted molar refractivity (Wildman–Crippen MR) is 75.4 cm³/mol. The second kappa shape index (κ2) is 6.35. The fraction of sp³-hybridized carbons (Fsp3) is 0.625. The fourth-order valence-electron chi connectivity index (χ4n) is 1.91. The molecular formula is C16H26O2. The van der Waals surface area contributed by atoms with E-state index in [0.717, 1.165) is 6.42 Å². The summed E-state index contributed by atoms with van der Waals surface area (Å²) in [6, 6.07) is 6.29.